The van der Waals surface area contributed by atoms with Gasteiger partial charge in [0.2, 0.25) is 5.95 Å². The lowest BCUT2D eigenvalue weighted by atomic mass is 9.88. The van der Waals surface area contributed by atoms with Gasteiger partial charge in [0.1, 0.15) is 18.1 Å². The lowest BCUT2D eigenvalue weighted by Gasteiger charge is -2.26. The average molecular weight is 488 g/mol. The molecule has 9 heteroatoms. The van der Waals surface area contributed by atoms with Crippen LogP contribution in [0, 0.1) is 0 Å². The number of nitrogens with zero attached hydrogens (tertiary/aromatic N) is 3. The Morgan fingerprint density at radius 2 is 1.92 bits per heavy atom. The van der Waals surface area contributed by atoms with Gasteiger partial charge in [-0.15, -0.1) is 0 Å². The Morgan fingerprint density at radius 3 is 2.67 bits per heavy atom. The molecule has 3 heterocycles. The summed E-state index contributed by atoms with van der Waals surface area (Å²) in [4.78, 5) is 26.2. The van der Waals surface area contributed by atoms with Crippen LogP contribution in [0.4, 0.5) is 27.5 Å². The standard InChI is InChI=1S/C27H30FN7O/c1-2-30-24(36)20-14-32-25(34-18-3-4-21-17(11-18)13-29-16-27(21)8-9-27)35-23(20)33-19-5-10-31-22(12-19)26(15-28)6-7-26/h3-5,10-12,14,29H,2,6-9,13,15-16H2,1H3,(H,30,36)(H2,31,32,33,34,35). The molecule has 186 valence electrons. The Balaban J connectivity index is 1.29. The summed E-state index contributed by atoms with van der Waals surface area (Å²) in [6.45, 7) is 3.82. The van der Waals surface area contributed by atoms with Gasteiger partial charge in [-0.2, -0.15) is 4.98 Å². The van der Waals surface area contributed by atoms with Crippen molar-refractivity contribution in [3.05, 3.63) is 65.1 Å². The maximum atomic E-state index is 13.6. The molecule has 2 fully saturated rings. The predicted octanol–water partition coefficient (Wildman–Crippen LogP) is 4.24. The second kappa shape index (κ2) is 8.81. The molecular formula is C27H30FN7O. The highest BCUT2D eigenvalue weighted by molar-refractivity contribution is 5.99. The highest BCUT2D eigenvalue weighted by Gasteiger charge is 2.47. The number of carbonyl (C=O) groups is 1. The molecule has 0 atom stereocenters. The number of fused-ring (bicyclic) bond motifs is 2. The Hall–Kier alpha value is -3.59. The van der Waals surface area contributed by atoms with Crippen LogP contribution in [0.3, 0.4) is 0 Å². The molecule has 0 saturated heterocycles. The number of rotatable bonds is 8. The van der Waals surface area contributed by atoms with Crippen LogP contribution in [0.15, 0.2) is 42.7 Å². The third-order valence-electron chi connectivity index (χ3n) is 7.61. The number of hydrogen-bond acceptors (Lipinski definition) is 7. The number of nitrogens with one attached hydrogen (secondary N) is 4. The van der Waals surface area contributed by atoms with Crippen LogP contribution in [-0.4, -0.2) is 40.6 Å². The van der Waals surface area contributed by atoms with Gasteiger partial charge in [0, 0.05) is 54.2 Å². The van der Waals surface area contributed by atoms with Gasteiger partial charge in [-0.1, -0.05) is 6.07 Å². The van der Waals surface area contributed by atoms with Crippen molar-refractivity contribution >= 4 is 29.0 Å². The van der Waals surface area contributed by atoms with Crippen LogP contribution in [0.5, 0.6) is 0 Å². The minimum atomic E-state index is -0.473. The van der Waals surface area contributed by atoms with E-state index in [1.54, 1.807) is 12.3 Å². The number of carbonyl (C=O) groups excluding carboxylic acids is 1. The van der Waals surface area contributed by atoms with Crippen LogP contribution < -0.4 is 21.3 Å². The number of pyridine rings is 1. The van der Waals surface area contributed by atoms with Gasteiger partial charge >= 0.3 is 0 Å². The molecular weight excluding hydrogens is 457 g/mol. The van der Waals surface area contributed by atoms with E-state index in [9.17, 15) is 9.18 Å². The number of benzene rings is 1. The van der Waals surface area contributed by atoms with Crippen molar-refractivity contribution in [3.8, 4) is 0 Å². The van der Waals surface area contributed by atoms with Gasteiger partial charge < -0.3 is 21.3 Å². The van der Waals surface area contributed by atoms with Crippen molar-refractivity contribution in [2.75, 3.05) is 30.4 Å². The molecule has 2 aliphatic carbocycles. The molecule has 2 saturated carbocycles. The molecule has 1 aliphatic heterocycles. The second-order valence-electron chi connectivity index (χ2n) is 10.2. The van der Waals surface area contributed by atoms with E-state index in [0.29, 0.717) is 35.0 Å². The van der Waals surface area contributed by atoms with E-state index in [4.69, 9.17) is 0 Å². The molecule has 0 radical (unpaired) electrons. The molecule has 2 aromatic heterocycles. The van der Waals surface area contributed by atoms with E-state index in [1.165, 1.54) is 30.2 Å². The Kier molecular flexibility index (Phi) is 5.59. The second-order valence-corrected chi connectivity index (χ2v) is 10.2. The lowest BCUT2D eigenvalue weighted by Crippen LogP contribution is -2.33. The van der Waals surface area contributed by atoms with E-state index in [0.717, 1.165) is 37.3 Å². The molecule has 0 unspecified atom stereocenters. The smallest absolute Gasteiger partial charge is 0.256 e. The maximum Gasteiger partial charge on any atom is 0.256 e. The number of hydrogen-bond donors (Lipinski definition) is 4. The van der Waals surface area contributed by atoms with Crippen LogP contribution >= 0.6 is 0 Å². The minimum absolute atomic E-state index is 0.266. The first-order chi connectivity index (χ1) is 17.5. The van der Waals surface area contributed by atoms with E-state index in [-0.39, 0.29) is 5.91 Å². The third kappa shape index (κ3) is 4.17. The number of aromatic nitrogens is 3. The summed E-state index contributed by atoms with van der Waals surface area (Å²) in [6, 6.07) is 10.1. The Morgan fingerprint density at radius 1 is 1.08 bits per heavy atom. The molecule has 1 amide bonds. The number of alkyl halides is 1. The molecule has 3 aliphatic rings. The van der Waals surface area contributed by atoms with Crippen molar-refractivity contribution in [2.45, 2.75) is 50.0 Å². The van der Waals surface area contributed by atoms with Crippen LogP contribution in [0.25, 0.3) is 0 Å². The topological polar surface area (TPSA) is 104 Å². The average Bonchev–Trinajstić information content (AvgIpc) is 3.82. The van der Waals surface area contributed by atoms with Gasteiger partial charge in [0.05, 0.1) is 5.69 Å². The first-order valence-corrected chi connectivity index (χ1v) is 12.6. The molecule has 6 rings (SSSR count). The van der Waals surface area contributed by atoms with Crippen molar-refractivity contribution in [3.63, 3.8) is 0 Å². The van der Waals surface area contributed by atoms with E-state index in [2.05, 4.69) is 54.4 Å². The van der Waals surface area contributed by atoms with Crippen LogP contribution in [-0.2, 0) is 17.4 Å². The molecule has 1 spiro atoms. The van der Waals surface area contributed by atoms with Crippen LogP contribution in [0.1, 0.15) is 59.8 Å². The highest BCUT2D eigenvalue weighted by Crippen LogP contribution is 2.51. The summed E-state index contributed by atoms with van der Waals surface area (Å²) in [5.41, 5.74) is 5.23. The fourth-order valence-corrected chi connectivity index (χ4v) is 5.10. The van der Waals surface area contributed by atoms with Crippen molar-refractivity contribution < 1.29 is 9.18 Å². The zero-order chi connectivity index (χ0) is 24.8. The Bertz CT molecular complexity index is 1320. The highest BCUT2D eigenvalue weighted by atomic mass is 19.1. The summed E-state index contributed by atoms with van der Waals surface area (Å²) >= 11 is 0. The maximum absolute atomic E-state index is 13.6. The quantitative estimate of drug-likeness (QED) is 0.377. The van der Waals surface area contributed by atoms with Gasteiger partial charge in [-0.25, -0.2) is 4.98 Å². The monoisotopic (exact) mass is 487 g/mol. The molecule has 3 aromatic rings. The fourth-order valence-electron chi connectivity index (χ4n) is 5.10. The minimum Gasteiger partial charge on any atom is -0.352 e. The molecule has 1 aromatic carbocycles. The van der Waals surface area contributed by atoms with Gasteiger partial charge in [0.25, 0.3) is 5.91 Å². The zero-order valence-corrected chi connectivity index (χ0v) is 20.3. The molecule has 4 N–H and O–H groups in total. The lowest BCUT2D eigenvalue weighted by molar-refractivity contribution is 0.0956. The van der Waals surface area contributed by atoms with Crippen molar-refractivity contribution in [2.24, 2.45) is 0 Å². The summed E-state index contributed by atoms with van der Waals surface area (Å²) < 4.78 is 13.6. The summed E-state index contributed by atoms with van der Waals surface area (Å²) in [6.07, 6.45) is 7.25. The third-order valence-corrected chi connectivity index (χ3v) is 7.61. The van der Waals surface area contributed by atoms with Gasteiger partial charge in [0.15, 0.2) is 0 Å². The van der Waals surface area contributed by atoms with Crippen molar-refractivity contribution in [1.82, 2.24) is 25.6 Å². The molecule has 0 bridgehead atoms. The van der Waals surface area contributed by atoms with Crippen LogP contribution in [0.2, 0.25) is 0 Å². The summed E-state index contributed by atoms with van der Waals surface area (Å²) in [5, 5.41) is 12.9. The number of halogens is 1. The zero-order valence-electron chi connectivity index (χ0n) is 20.3. The first kappa shape index (κ1) is 22.8. The first-order valence-electron chi connectivity index (χ1n) is 12.6. The predicted molar refractivity (Wildman–Crippen MR) is 137 cm³/mol. The Labute approximate surface area is 209 Å². The van der Waals surface area contributed by atoms with Crippen molar-refractivity contribution in [1.29, 1.82) is 0 Å². The molecule has 36 heavy (non-hydrogen) atoms. The van der Waals surface area contributed by atoms with E-state index < -0.39 is 12.1 Å². The normalized spacial score (nSPS) is 18.3. The number of amides is 1. The molecule has 8 nitrogen and oxygen atoms in total. The largest absolute Gasteiger partial charge is 0.352 e. The SMILES string of the molecule is CCNC(=O)c1cnc(Nc2ccc3c(c2)CNCC32CC2)nc1Nc1ccnc(C2(CF)CC2)c1. The van der Waals surface area contributed by atoms with Gasteiger partial charge in [-0.05, 0) is 68.0 Å². The fraction of sp³-hybridized carbons (Fsp3) is 0.407. The van der Waals surface area contributed by atoms with E-state index in [1.807, 2.05) is 13.0 Å². The van der Waals surface area contributed by atoms with E-state index >= 15 is 0 Å². The summed E-state index contributed by atoms with van der Waals surface area (Å²) in [5.74, 6) is 0.488. The summed E-state index contributed by atoms with van der Waals surface area (Å²) in [7, 11) is 0. The number of anilines is 4. The van der Waals surface area contributed by atoms with Gasteiger partial charge in [-0.3, -0.25) is 14.2 Å².